The van der Waals surface area contributed by atoms with Crippen LogP contribution in [-0.4, -0.2) is 29.8 Å². The first-order chi connectivity index (χ1) is 9.56. The average Bonchev–Trinajstić information content (AvgIpc) is 2.46. The van der Waals surface area contributed by atoms with Crippen molar-refractivity contribution in [1.82, 2.24) is 10.2 Å². The maximum absolute atomic E-state index is 12.1. The Balaban J connectivity index is 1.78. The maximum atomic E-state index is 12.1. The van der Waals surface area contributed by atoms with Crippen LogP contribution >= 0.6 is 0 Å². The van der Waals surface area contributed by atoms with Crippen molar-refractivity contribution in [3.05, 3.63) is 35.4 Å². The van der Waals surface area contributed by atoms with Crippen molar-refractivity contribution in [1.29, 1.82) is 0 Å². The minimum Gasteiger partial charge on any atom is -0.352 e. The number of carbonyl (C=O) groups is 2. The number of hydrogen-bond donors (Lipinski definition) is 1. The molecule has 0 aromatic heterocycles. The van der Waals surface area contributed by atoms with E-state index in [0.29, 0.717) is 19.6 Å². The molecule has 2 amide bonds. The number of benzene rings is 1. The SMILES string of the molecule is CC(=O)N1CCC(C(=O)NCc2ccc(C)cc2)CC1. The van der Waals surface area contributed by atoms with Crippen molar-refractivity contribution in [2.24, 2.45) is 5.92 Å². The molecule has 20 heavy (non-hydrogen) atoms. The van der Waals surface area contributed by atoms with E-state index in [4.69, 9.17) is 0 Å². The highest BCUT2D eigenvalue weighted by Crippen LogP contribution is 2.17. The molecular formula is C16H22N2O2. The minimum atomic E-state index is 0.0380. The molecule has 1 aromatic carbocycles. The Bertz CT molecular complexity index is 474. The molecule has 0 spiro atoms. The predicted octanol–water partition coefficient (Wildman–Crippen LogP) is 1.87. The van der Waals surface area contributed by atoms with Crippen LogP contribution in [0.15, 0.2) is 24.3 Å². The molecule has 1 aliphatic rings. The fourth-order valence-electron chi connectivity index (χ4n) is 2.50. The van der Waals surface area contributed by atoms with Gasteiger partial charge in [-0.15, -0.1) is 0 Å². The van der Waals surface area contributed by atoms with Crippen molar-refractivity contribution < 1.29 is 9.59 Å². The standard InChI is InChI=1S/C16H22N2O2/c1-12-3-5-14(6-4-12)11-17-16(20)15-7-9-18(10-8-15)13(2)19/h3-6,15H,7-11H2,1-2H3,(H,17,20). The predicted molar refractivity (Wildman–Crippen MR) is 78.0 cm³/mol. The van der Waals surface area contributed by atoms with E-state index in [-0.39, 0.29) is 17.7 Å². The van der Waals surface area contributed by atoms with E-state index in [0.717, 1.165) is 18.4 Å². The van der Waals surface area contributed by atoms with Crippen LogP contribution in [-0.2, 0) is 16.1 Å². The van der Waals surface area contributed by atoms with Crippen molar-refractivity contribution in [2.75, 3.05) is 13.1 Å². The van der Waals surface area contributed by atoms with Gasteiger partial charge in [0.2, 0.25) is 11.8 Å². The van der Waals surface area contributed by atoms with Crippen LogP contribution in [0.3, 0.4) is 0 Å². The van der Waals surface area contributed by atoms with Crippen LogP contribution in [0.2, 0.25) is 0 Å². The number of carbonyl (C=O) groups excluding carboxylic acids is 2. The molecule has 2 rings (SSSR count). The van der Waals surface area contributed by atoms with E-state index < -0.39 is 0 Å². The summed E-state index contributed by atoms with van der Waals surface area (Å²) in [5.41, 5.74) is 2.34. The number of nitrogens with one attached hydrogen (secondary N) is 1. The van der Waals surface area contributed by atoms with E-state index in [1.807, 2.05) is 36.1 Å². The largest absolute Gasteiger partial charge is 0.352 e. The van der Waals surface area contributed by atoms with Crippen molar-refractivity contribution in [2.45, 2.75) is 33.2 Å². The summed E-state index contributed by atoms with van der Waals surface area (Å²) in [6, 6.07) is 8.17. The van der Waals surface area contributed by atoms with Gasteiger partial charge < -0.3 is 10.2 Å². The fourth-order valence-corrected chi connectivity index (χ4v) is 2.50. The summed E-state index contributed by atoms with van der Waals surface area (Å²) in [6.07, 6.45) is 1.53. The Morgan fingerprint density at radius 2 is 1.80 bits per heavy atom. The van der Waals surface area contributed by atoms with Gasteiger partial charge in [-0.1, -0.05) is 29.8 Å². The van der Waals surface area contributed by atoms with Crippen molar-refractivity contribution in [3.8, 4) is 0 Å². The molecule has 1 heterocycles. The summed E-state index contributed by atoms with van der Waals surface area (Å²) in [7, 11) is 0. The Morgan fingerprint density at radius 1 is 1.20 bits per heavy atom. The van der Waals surface area contributed by atoms with Crippen LogP contribution in [0.5, 0.6) is 0 Å². The molecule has 0 bridgehead atoms. The lowest BCUT2D eigenvalue weighted by Crippen LogP contribution is -2.42. The zero-order valence-electron chi connectivity index (χ0n) is 12.2. The minimum absolute atomic E-state index is 0.0380. The molecule has 0 unspecified atom stereocenters. The lowest BCUT2D eigenvalue weighted by molar-refractivity contribution is -0.134. The zero-order valence-corrected chi connectivity index (χ0v) is 12.2. The first-order valence-corrected chi connectivity index (χ1v) is 7.15. The smallest absolute Gasteiger partial charge is 0.223 e. The maximum Gasteiger partial charge on any atom is 0.223 e. The number of nitrogens with zero attached hydrogens (tertiary/aromatic N) is 1. The van der Waals surface area contributed by atoms with Gasteiger partial charge in [-0.25, -0.2) is 0 Å². The molecule has 1 aliphatic heterocycles. The Hall–Kier alpha value is -1.84. The molecule has 1 saturated heterocycles. The van der Waals surface area contributed by atoms with Gasteiger partial charge in [0.15, 0.2) is 0 Å². The third-order valence-electron chi connectivity index (χ3n) is 3.90. The van der Waals surface area contributed by atoms with Gasteiger partial charge in [-0.2, -0.15) is 0 Å². The second-order valence-corrected chi connectivity index (χ2v) is 5.48. The van der Waals surface area contributed by atoms with Crippen molar-refractivity contribution >= 4 is 11.8 Å². The van der Waals surface area contributed by atoms with Gasteiger partial charge in [-0.05, 0) is 25.3 Å². The highest BCUT2D eigenvalue weighted by atomic mass is 16.2. The van der Waals surface area contributed by atoms with Crippen LogP contribution < -0.4 is 5.32 Å². The molecule has 1 N–H and O–H groups in total. The summed E-state index contributed by atoms with van der Waals surface area (Å²) in [5.74, 6) is 0.244. The number of aryl methyl sites for hydroxylation is 1. The molecule has 1 aromatic rings. The van der Waals surface area contributed by atoms with E-state index in [1.165, 1.54) is 5.56 Å². The van der Waals surface area contributed by atoms with Gasteiger partial charge in [0.1, 0.15) is 0 Å². The number of hydrogen-bond acceptors (Lipinski definition) is 2. The summed E-state index contributed by atoms with van der Waals surface area (Å²) < 4.78 is 0. The highest BCUT2D eigenvalue weighted by molar-refractivity contribution is 5.79. The van der Waals surface area contributed by atoms with Crippen LogP contribution in [0.25, 0.3) is 0 Å². The van der Waals surface area contributed by atoms with E-state index >= 15 is 0 Å². The molecule has 0 saturated carbocycles. The van der Waals surface area contributed by atoms with Gasteiger partial charge >= 0.3 is 0 Å². The molecular weight excluding hydrogens is 252 g/mol. The topological polar surface area (TPSA) is 49.4 Å². The number of likely N-dealkylation sites (tertiary alicyclic amines) is 1. The quantitative estimate of drug-likeness (QED) is 0.914. The zero-order chi connectivity index (χ0) is 14.5. The number of piperidine rings is 1. The molecule has 4 heteroatoms. The van der Waals surface area contributed by atoms with E-state index in [1.54, 1.807) is 6.92 Å². The lowest BCUT2D eigenvalue weighted by atomic mass is 9.96. The summed E-state index contributed by atoms with van der Waals surface area (Å²) >= 11 is 0. The van der Waals surface area contributed by atoms with Crippen molar-refractivity contribution in [3.63, 3.8) is 0 Å². The van der Waals surface area contributed by atoms with Crippen LogP contribution in [0.4, 0.5) is 0 Å². The summed E-state index contributed by atoms with van der Waals surface area (Å²) in [4.78, 5) is 25.1. The third kappa shape index (κ3) is 3.83. The highest BCUT2D eigenvalue weighted by Gasteiger charge is 2.25. The average molecular weight is 274 g/mol. The first-order valence-electron chi connectivity index (χ1n) is 7.15. The lowest BCUT2D eigenvalue weighted by Gasteiger charge is -2.30. The Kier molecular flexibility index (Phi) is 4.77. The van der Waals surface area contributed by atoms with Crippen LogP contribution in [0, 0.1) is 12.8 Å². The van der Waals surface area contributed by atoms with Gasteiger partial charge in [0.25, 0.3) is 0 Å². The molecule has 108 valence electrons. The number of rotatable bonds is 3. The Labute approximate surface area is 120 Å². The Morgan fingerprint density at radius 3 is 2.35 bits per heavy atom. The fraction of sp³-hybridized carbons (Fsp3) is 0.500. The molecule has 1 fully saturated rings. The van der Waals surface area contributed by atoms with Gasteiger partial charge in [0.05, 0.1) is 0 Å². The monoisotopic (exact) mass is 274 g/mol. The second kappa shape index (κ2) is 6.55. The summed E-state index contributed by atoms with van der Waals surface area (Å²) in [6.45, 7) is 5.59. The van der Waals surface area contributed by atoms with Gasteiger partial charge in [0, 0.05) is 32.5 Å². The molecule has 0 atom stereocenters. The normalized spacial score (nSPS) is 16.0. The molecule has 0 aliphatic carbocycles. The van der Waals surface area contributed by atoms with Gasteiger partial charge in [-0.3, -0.25) is 9.59 Å². The second-order valence-electron chi connectivity index (χ2n) is 5.48. The first kappa shape index (κ1) is 14.6. The molecule has 0 radical (unpaired) electrons. The molecule has 4 nitrogen and oxygen atoms in total. The van der Waals surface area contributed by atoms with E-state index in [9.17, 15) is 9.59 Å². The third-order valence-corrected chi connectivity index (χ3v) is 3.90. The summed E-state index contributed by atoms with van der Waals surface area (Å²) in [5, 5.41) is 2.99. The van der Waals surface area contributed by atoms with Crippen LogP contribution in [0.1, 0.15) is 30.9 Å². The number of amides is 2. The van der Waals surface area contributed by atoms with E-state index in [2.05, 4.69) is 5.32 Å².